The Morgan fingerprint density at radius 1 is 1.22 bits per heavy atom. The highest BCUT2D eigenvalue weighted by Gasteiger charge is 2.24. The highest BCUT2D eigenvalue weighted by atomic mass is 16.5. The molecule has 1 aliphatic heterocycles. The predicted octanol–water partition coefficient (Wildman–Crippen LogP) is 3.91. The van der Waals surface area contributed by atoms with Crippen LogP contribution in [-0.4, -0.2) is 22.9 Å². The normalized spacial score (nSPS) is 16.5. The van der Waals surface area contributed by atoms with Crippen molar-refractivity contribution in [1.29, 1.82) is 5.26 Å². The van der Waals surface area contributed by atoms with Crippen LogP contribution in [0.4, 0.5) is 5.69 Å². The van der Waals surface area contributed by atoms with Gasteiger partial charge in [-0.3, -0.25) is 4.98 Å². The van der Waals surface area contributed by atoms with Gasteiger partial charge in [0, 0.05) is 29.4 Å². The van der Waals surface area contributed by atoms with Crippen molar-refractivity contribution in [3.05, 3.63) is 65.4 Å². The molecule has 1 atom stereocenters. The monoisotopic (exact) mass is 359 g/mol. The van der Waals surface area contributed by atoms with Gasteiger partial charge in [-0.25, -0.2) is 0 Å². The first kappa shape index (κ1) is 17.3. The maximum atomic E-state index is 10.3. The smallest absolute Gasteiger partial charge is 0.126 e. The highest BCUT2D eigenvalue weighted by Crippen LogP contribution is 2.33. The zero-order valence-electron chi connectivity index (χ0n) is 15.2. The number of pyridine rings is 1. The quantitative estimate of drug-likeness (QED) is 0.765. The van der Waals surface area contributed by atoms with Crippen LogP contribution in [0.2, 0.25) is 0 Å². The number of nitriles is 1. The summed E-state index contributed by atoms with van der Waals surface area (Å²) in [6, 6.07) is 17.4. The lowest BCUT2D eigenvalue weighted by Crippen LogP contribution is -2.28. The molecule has 0 aliphatic carbocycles. The van der Waals surface area contributed by atoms with Crippen molar-refractivity contribution < 1.29 is 9.84 Å². The first-order valence-corrected chi connectivity index (χ1v) is 9.12. The summed E-state index contributed by atoms with van der Waals surface area (Å²) in [5.74, 6) is 0.748. The van der Waals surface area contributed by atoms with E-state index in [9.17, 15) is 5.11 Å². The Balaban J connectivity index is 1.59. The van der Waals surface area contributed by atoms with E-state index in [0.717, 1.165) is 53.0 Å². The number of hydrogen-bond acceptors (Lipinski definition) is 5. The second kappa shape index (κ2) is 7.26. The molecule has 5 nitrogen and oxygen atoms in total. The Morgan fingerprint density at radius 2 is 2.04 bits per heavy atom. The maximum Gasteiger partial charge on any atom is 0.126 e. The number of benzene rings is 2. The average Bonchev–Trinajstić information content (AvgIpc) is 3.11. The van der Waals surface area contributed by atoms with Crippen molar-refractivity contribution in [2.75, 3.05) is 11.4 Å². The number of hydrogen-bond donors (Lipinski definition) is 1. The van der Waals surface area contributed by atoms with E-state index in [0.29, 0.717) is 12.2 Å². The first-order chi connectivity index (χ1) is 13.1. The lowest BCUT2D eigenvalue weighted by molar-refractivity contribution is 0.186. The van der Waals surface area contributed by atoms with E-state index in [1.807, 2.05) is 48.2 Å². The number of aliphatic hydroxyl groups is 1. The molecule has 0 amide bonds. The SMILES string of the molecule is Cc1cc(N2CCC[C@@H]2O)c2ccc(OCc3ccc(C#N)cc3)cc2n1. The van der Waals surface area contributed by atoms with Crippen molar-refractivity contribution in [2.45, 2.75) is 32.6 Å². The fraction of sp³-hybridized carbons (Fsp3) is 0.273. The lowest BCUT2D eigenvalue weighted by atomic mass is 10.1. The molecule has 1 N–H and O–H groups in total. The first-order valence-electron chi connectivity index (χ1n) is 9.12. The summed E-state index contributed by atoms with van der Waals surface area (Å²) in [6.45, 7) is 3.26. The minimum Gasteiger partial charge on any atom is -0.489 e. The van der Waals surface area contributed by atoms with Gasteiger partial charge in [-0.1, -0.05) is 12.1 Å². The molecular weight excluding hydrogens is 338 g/mol. The summed E-state index contributed by atoms with van der Waals surface area (Å²) in [5.41, 5.74) is 4.45. The molecule has 1 aromatic heterocycles. The largest absolute Gasteiger partial charge is 0.489 e. The molecule has 5 heteroatoms. The summed E-state index contributed by atoms with van der Waals surface area (Å²) in [5, 5.41) is 20.1. The van der Waals surface area contributed by atoms with Gasteiger partial charge in [-0.05, 0) is 55.7 Å². The number of aromatic nitrogens is 1. The van der Waals surface area contributed by atoms with Crippen LogP contribution in [-0.2, 0) is 6.61 Å². The number of fused-ring (bicyclic) bond motifs is 1. The molecule has 136 valence electrons. The van der Waals surface area contributed by atoms with E-state index in [1.54, 1.807) is 12.1 Å². The van der Waals surface area contributed by atoms with Crippen molar-refractivity contribution in [3.63, 3.8) is 0 Å². The zero-order valence-corrected chi connectivity index (χ0v) is 15.2. The average molecular weight is 359 g/mol. The molecule has 2 aromatic carbocycles. The van der Waals surface area contributed by atoms with Gasteiger partial charge in [0.05, 0.1) is 17.1 Å². The van der Waals surface area contributed by atoms with Crippen LogP contribution in [0.25, 0.3) is 10.9 Å². The molecule has 0 radical (unpaired) electrons. The summed E-state index contributed by atoms with van der Waals surface area (Å²) in [4.78, 5) is 6.70. The number of rotatable bonds is 4. The molecular formula is C22H21N3O2. The van der Waals surface area contributed by atoms with Gasteiger partial charge in [0.25, 0.3) is 0 Å². The van der Waals surface area contributed by atoms with Gasteiger partial charge < -0.3 is 14.7 Å². The van der Waals surface area contributed by atoms with E-state index in [-0.39, 0.29) is 0 Å². The molecule has 1 aliphatic rings. The topological polar surface area (TPSA) is 69.4 Å². The van der Waals surface area contributed by atoms with Crippen molar-refractivity contribution in [1.82, 2.24) is 4.98 Å². The molecule has 3 aromatic rings. The third kappa shape index (κ3) is 3.57. The highest BCUT2D eigenvalue weighted by molar-refractivity contribution is 5.93. The second-order valence-corrected chi connectivity index (χ2v) is 6.88. The number of aryl methyl sites for hydroxylation is 1. The third-order valence-corrected chi connectivity index (χ3v) is 4.91. The van der Waals surface area contributed by atoms with Gasteiger partial charge in [-0.15, -0.1) is 0 Å². The van der Waals surface area contributed by atoms with E-state index < -0.39 is 6.23 Å². The number of ether oxygens (including phenoxy) is 1. The molecule has 0 spiro atoms. The molecule has 0 saturated carbocycles. The molecule has 0 unspecified atom stereocenters. The van der Waals surface area contributed by atoms with Crippen LogP contribution in [0, 0.1) is 18.3 Å². The Labute approximate surface area is 158 Å². The van der Waals surface area contributed by atoms with Crippen LogP contribution < -0.4 is 9.64 Å². The minimum atomic E-state index is -0.428. The predicted molar refractivity (Wildman–Crippen MR) is 105 cm³/mol. The standard InChI is InChI=1S/C22H21N3O2/c1-15-11-21(25-10-2-3-22(25)26)19-9-8-18(12-20(19)24-15)27-14-17-6-4-16(13-23)5-7-17/h4-9,11-12,22,26H,2-3,10,14H2,1H3/t22-/m0/s1. The van der Waals surface area contributed by atoms with Crippen LogP contribution >= 0.6 is 0 Å². The Kier molecular flexibility index (Phi) is 4.66. The van der Waals surface area contributed by atoms with E-state index in [1.165, 1.54) is 0 Å². The Bertz CT molecular complexity index is 1010. The van der Waals surface area contributed by atoms with Crippen LogP contribution in [0.15, 0.2) is 48.5 Å². The summed E-state index contributed by atoms with van der Waals surface area (Å²) in [6.07, 6.45) is 1.37. The molecule has 0 bridgehead atoms. The zero-order chi connectivity index (χ0) is 18.8. The van der Waals surface area contributed by atoms with Crippen LogP contribution in [0.1, 0.15) is 29.7 Å². The van der Waals surface area contributed by atoms with E-state index in [4.69, 9.17) is 10.00 Å². The Hall–Kier alpha value is -3.10. The Morgan fingerprint density at radius 3 is 2.74 bits per heavy atom. The van der Waals surface area contributed by atoms with Crippen LogP contribution in [0.3, 0.4) is 0 Å². The van der Waals surface area contributed by atoms with E-state index >= 15 is 0 Å². The van der Waals surface area contributed by atoms with Gasteiger partial charge in [-0.2, -0.15) is 5.26 Å². The van der Waals surface area contributed by atoms with Crippen molar-refractivity contribution in [3.8, 4) is 11.8 Å². The second-order valence-electron chi connectivity index (χ2n) is 6.88. The fourth-order valence-electron chi connectivity index (χ4n) is 3.52. The van der Waals surface area contributed by atoms with Crippen molar-refractivity contribution in [2.24, 2.45) is 0 Å². The molecule has 1 fully saturated rings. The minimum absolute atomic E-state index is 0.428. The summed E-state index contributed by atoms with van der Waals surface area (Å²) >= 11 is 0. The van der Waals surface area contributed by atoms with Gasteiger partial charge in [0.15, 0.2) is 0 Å². The van der Waals surface area contributed by atoms with Gasteiger partial charge >= 0.3 is 0 Å². The number of nitrogens with zero attached hydrogens (tertiary/aromatic N) is 3. The molecule has 2 heterocycles. The van der Waals surface area contributed by atoms with Gasteiger partial charge in [0.1, 0.15) is 18.6 Å². The lowest BCUT2D eigenvalue weighted by Gasteiger charge is -2.24. The number of anilines is 1. The fourth-order valence-corrected chi connectivity index (χ4v) is 3.52. The third-order valence-electron chi connectivity index (χ3n) is 4.91. The summed E-state index contributed by atoms with van der Waals surface area (Å²) in [7, 11) is 0. The van der Waals surface area contributed by atoms with E-state index in [2.05, 4.69) is 11.1 Å². The number of aliphatic hydroxyl groups excluding tert-OH is 1. The maximum absolute atomic E-state index is 10.3. The van der Waals surface area contributed by atoms with Crippen molar-refractivity contribution >= 4 is 16.6 Å². The van der Waals surface area contributed by atoms with Crippen LogP contribution in [0.5, 0.6) is 5.75 Å². The molecule has 27 heavy (non-hydrogen) atoms. The van der Waals surface area contributed by atoms with Gasteiger partial charge in [0.2, 0.25) is 0 Å². The summed E-state index contributed by atoms with van der Waals surface area (Å²) < 4.78 is 5.91. The molecule has 1 saturated heterocycles. The molecule has 4 rings (SSSR count).